The number of carbonyl (C=O) groups is 1. The number of hydrogen-bond acceptors (Lipinski definition) is 3. The van der Waals surface area contributed by atoms with Gasteiger partial charge in [-0.1, -0.05) is 54.1 Å². The van der Waals surface area contributed by atoms with Crippen LogP contribution in [0.3, 0.4) is 0 Å². The Morgan fingerprint density at radius 3 is 2.52 bits per heavy atom. The number of nitrogens with one attached hydrogen (secondary N) is 1. The van der Waals surface area contributed by atoms with E-state index >= 15 is 0 Å². The molecule has 25 heavy (non-hydrogen) atoms. The van der Waals surface area contributed by atoms with Crippen molar-refractivity contribution in [3.63, 3.8) is 0 Å². The Morgan fingerprint density at radius 1 is 1.08 bits per heavy atom. The molecular formula is C21H23N3O. The van der Waals surface area contributed by atoms with Gasteiger partial charge in [0.1, 0.15) is 5.69 Å². The number of benzene rings is 2. The molecule has 2 aromatic carbocycles. The van der Waals surface area contributed by atoms with E-state index in [1.165, 1.54) is 11.1 Å². The molecule has 1 N–H and O–H groups in total. The first-order valence-electron chi connectivity index (χ1n) is 8.41. The highest BCUT2D eigenvalue weighted by Crippen LogP contribution is 2.19. The molecule has 0 saturated carbocycles. The Morgan fingerprint density at radius 2 is 1.80 bits per heavy atom. The van der Waals surface area contributed by atoms with Gasteiger partial charge in [-0.05, 0) is 38.0 Å². The molecule has 1 atom stereocenters. The lowest BCUT2D eigenvalue weighted by Gasteiger charge is -2.25. The number of hydrogen-bond donors (Lipinski definition) is 1. The van der Waals surface area contributed by atoms with Crippen molar-refractivity contribution < 1.29 is 4.79 Å². The highest BCUT2D eigenvalue weighted by Gasteiger charge is 2.17. The van der Waals surface area contributed by atoms with Gasteiger partial charge in [-0.2, -0.15) is 0 Å². The summed E-state index contributed by atoms with van der Waals surface area (Å²) in [5, 5.41) is 4.94. The molecule has 0 aliphatic heterocycles. The Hall–Kier alpha value is -2.72. The zero-order chi connectivity index (χ0) is 17.8. The number of aryl methyl sites for hydroxylation is 1. The molecule has 0 aliphatic carbocycles. The Balaban J connectivity index is 1.78. The predicted molar refractivity (Wildman–Crippen MR) is 102 cm³/mol. The first kappa shape index (κ1) is 17.1. The molecule has 0 radical (unpaired) electrons. The summed E-state index contributed by atoms with van der Waals surface area (Å²) < 4.78 is 0. The molecule has 128 valence electrons. The number of carbonyl (C=O) groups excluding carboxylic acids is 1. The van der Waals surface area contributed by atoms with Crippen LogP contribution in [0.15, 0.2) is 60.8 Å². The van der Waals surface area contributed by atoms with Gasteiger partial charge in [0.05, 0.1) is 6.04 Å². The Labute approximate surface area is 148 Å². The van der Waals surface area contributed by atoms with Gasteiger partial charge in [0.2, 0.25) is 0 Å². The van der Waals surface area contributed by atoms with E-state index in [-0.39, 0.29) is 11.9 Å². The normalized spacial score (nSPS) is 12.3. The van der Waals surface area contributed by atoms with Crippen molar-refractivity contribution in [1.29, 1.82) is 0 Å². The minimum Gasteiger partial charge on any atom is -0.349 e. The monoisotopic (exact) mass is 333 g/mol. The molecule has 3 rings (SSSR count). The third kappa shape index (κ3) is 3.86. The maximum absolute atomic E-state index is 12.7. The Kier molecular flexibility index (Phi) is 5.10. The van der Waals surface area contributed by atoms with Crippen molar-refractivity contribution in [3.8, 4) is 0 Å². The van der Waals surface area contributed by atoms with E-state index in [1.54, 1.807) is 6.20 Å². The molecule has 0 fully saturated rings. The van der Waals surface area contributed by atoms with E-state index < -0.39 is 0 Å². The summed E-state index contributed by atoms with van der Waals surface area (Å²) in [5.41, 5.74) is 2.88. The topological polar surface area (TPSA) is 45.2 Å². The molecule has 1 aromatic heterocycles. The largest absolute Gasteiger partial charge is 0.349 e. The van der Waals surface area contributed by atoms with E-state index in [9.17, 15) is 4.79 Å². The van der Waals surface area contributed by atoms with Crippen molar-refractivity contribution >= 4 is 16.7 Å². The fourth-order valence-corrected chi connectivity index (χ4v) is 2.96. The second-order valence-corrected chi connectivity index (χ2v) is 6.48. The summed E-state index contributed by atoms with van der Waals surface area (Å²) in [4.78, 5) is 19.1. The maximum atomic E-state index is 12.7. The van der Waals surface area contributed by atoms with Gasteiger partial charge >= 0.3 is 0 Å². The molecule has 0 saturated heterocycles. The zero-order valence-electron chi connectivity index (χ0n) is 14.9. The molecule has 4 nitrogen and oxygen atoms in total. The quantitative estimate of drug-likeness (QED) is 0.776. The summed E-state index contributed by atoms with van der Waals surface area (Å²) in [7, 11) is 4.04. The number of aromatic nitrogens is 1. The van der Waals surface area contributed by atoms with Crippen LogP contribution in [0, 0.1) is 6.92 Å². The fourth-order valence-electron chi connectivity index (χ4n) is 2.96. The van der Waals surface area contributed by atoms with Crippen molar-refractivity contribution in [2.75, 3.05) is 20.6 Å². The number of nitrogens with zero attached hydrogens (tertiary/aromatic N) is 2. The highest BCUT2D eigenvalue weighted by molar-refractivity contribution is 6.05. The summed E-state index contributed by atoms with van der Waals surface area (Å²) >= 11 is 0. The SMILES string of the molecule is Cc1ccc([C@@H](CNC(=O)c2nccc3ccccc23)N(C)C)cc1. The summed E-state index contributed by atoms with van der Waals surface area (Å²) in [6.45, 7) is 2.60. The lowest BCUT2D eigenvalue weighted by Crippen LogP contribution is -2.35. The van der Waals surface area contributed by atoms with Gasteiger partial charge in [0.15, 0.2) is 0 Å². The van der Waals surface area contributed by atoms with Gasteiger partial charge in [-0.15, -0.1) is 0 Å². The van der Waals surface area contributed by atoms with Crippen LogP contribution >= 0.6 is 0 Å². The molecule has 3 aromatic rings. The highest BCUT2D eigenvalue weighted by atomic mass is 16.1. The van der Waals surface area contributed by atoms with Crippen LogP contribution in [0.1, 0.15) is 27.7 Å². The molecule has 4 heteroatoms. The van der Waals surface area contributed by atoms with E-state index in [0.717, 1.165) is 10.8 Å². The molecule has 0 bridgehead atoms. The van der Waals surface area contributed by atoms with Crippen LogP contribution in [-0.4, -0.2) is 36.4 Å². The molecular weight excluding hydrogens is 310 g/mol. The van der Waals surface area contributed by atoms with E-state index in [0.29, 0.717) is 12.2 Å². The second-order valence-electron chi connectivity index (χ2n) is 6.48. The molecule has 0 aliphatic rings. The van der Waals surface area contributed by atoms with Gasteiger partial charge in [-0.3, -0.25) is 9.78 Å². The molecule has 0 spiro atoms. The molecule has 1 amide bonds. The first-order valence-corrected chi connectivity index (χ1v) is 8.41. The third-order valence-corrected chi connectivity index (χ3v) is 4.43. The first-order chi connectivity index (χ1) is 12.1. The van der Waals surface area contributed by atoms with E-state index in [1.807, 2.05) is 44.4 Å². The standard InChI is InChI=1S/C21H23N3O/c1-15-8-10-17(11-9-15)19(24(2)3)14-23-21(25)20-18-7-5-4-6-16(18)12-13-22-20/h4-13,19H,14H2,1-3H3,(H,23,25)/t19-/m1/s1. The zero-order valence-corrected chi connectivity index (χ0v) is 14.9. The van der Waals surface area contributed by atoms with Gasteiger partial charge in [-0.25, -0.2) is 0 Å². The fraction of sp³-hybridized carbons (Fsp3) is 0.238. The number of rotatable bonds is 5. The average Bonchev–Trinajstić information content (AvgIpc) is 2.62. The van der Waals surface area contributed by atoms with Crippen LogP contribution in [-0.2, 0) is 0 Å². The third-order valence-electron chi connectivity index (χ3n) is 4.43. The number of fused-ring (bicyclic) bond motifs is 1. The van der Waals surface area contributed by atoms with Crippen molar-refractivity contribution in [3.05, 3.63) is 77.6 Å². The molecule has 1 heterocycles. The minimum atomic E-state index is -0.143. The van der Waals surface area contributed by atoms with Crippen molar-refractivity contribution in [1.82, 2.24) is 15.2 Å². The summed E-state index contributed by atoms with van der Waals surface area (Å²) in [5.74, 6) is -0.143. The summed E-state index contributed by atoms with van der Waals surface area (Å²) in [6.07, 6.45) is 1.68. The van der Waals surface area contributed by atoms with Gasteiger partial charge < -0.3 is 10.2 Å². The average molecular weight is 333 g/mol. The van der Waals surface area contributed by atoms with Crippen molar-refractivity contribution in [2.24, 2.45) is 0 Å². The number of pyridine rings is 1. The van der Waals surface area contributed by atoms with Crippen LogP contribution in [0.4, 0.5) is 0 Å². The van der Waals surface area contributed by atoms with Crippen LogP contribution in [0.5, 0.6) is 0 Å². The van der Waals surface area contributed by atoms with Gasteiger partial charge in [0, 0.05) is 18.1 Å². The van der Waals surface area contributed by atoms with Crippen molar-refractivity contribution in [2.45, 2.75) is 13.0 Å². The van der Waals surface area contributed by atoms with Crippen LogP contribution < -0.4 is 5.32 Å². The lowest BCUT2D eigenvalue weighted by atomic mass is 10.0. The second kappa shape index (κ2) is 7.45. The van der Waals surface area contributed by atoms with E-state index in [2.05, 4.69) is 46.4 Å². The van der Waals surface area contributed by atoms with Crippen LogP contribution in [0.2, 0.25) is 0 Å². The van der Waals surface area contributed by atoms with E-state index in [4.69, 9.17) is 0 Å². The van der Waals surface area contributed by atoms with Crippen LogP contribution in [0.25, 0.3) is 10.8 Å². The predicted octanol–water partition coefficient (Wildman–Crippen LogP) is 3.58. The minimum absolute atomic E-state index is 0.111. The maximum Gasteiger partial charge on any atom is 0.270 e. The number of amides is 1. The smallest absolute Gasteiger partial charge is 0.270 e. The number of likely N-dealkylation sites (N-methyl/N-ethyl adjacent to an activating group) is 1. The van der Waals surface area contributed by atoms with Gasteiger partial charge in [0.25, 0.3) is 5.91 Å². The molecule has 0 unspecified atom stereocenters. The lowest BCUT2D eigenvalue weighted by molar-refractivity contribution is 0.0939. The Bertz CT molecular complexity index is 866. The summed E-state index contributed by atoms with van der Waals surface area (Å²) in [6, 6.07) is 18.3.